The third-order valence-electron chi connectivity index (χ3n) is 2.62. The van der Waals surface area contributed by atoms with E-state index in [1.54, 1.807) is 6.92 Å². The zero-order valence-corrected chi connectivity index (χ0v) is 10.5. The molecule has 1 atom stereocenters. The minimum atomic E-state index is -0.300. The molecule has 0 saturated carbocycles. The van der Waals surface area contributed by atoms with E-state index in [2.05, 4.69) is 10.1 Å². The lowest BCUT2D eigenvalue weighted by Gasteiger charge is -2.12. The molecule has 0 spiro atoms. The molecule has 1 aromatic rings. The van der Waals surface area contributed by atoms with Crippen molar-refractivity contribution in [3.63, 3.8) is 0 Å². The molecule has 0 amide bonds. The number of anilines is 1. The molecule has 0 aliphatic carbocycles. The maximum Gasteiger partial charge on any atom is 0.265 e. The molecule has 1 heterocycles. The van der Waals surface area contributed by atoms with Gasteiger partial charge in [0, 0.05) is 13.6 Å². The minimum Gasteiger partial charge on any atom is -0.342 e. The van der Waals surface area contributed by atoms with Crippen molar-refractivity contribution in [3.05, 3.63) is 5.89 Å². The van der Waals surface area contributed by atoms with Crippen LogP contribution in [0.3, 0.4) is 0 Å². The van der Waals surface area contributed by atoms with Crippen LogP contribution in [0.25, 0.3) is 0 Å². The molecule has 5 heteroatoms. The number of nitrogens with zero attached hydrogens (tertiary/aromatic N) is 3. The number of ketones is 1. The van der Waals surface area contributed by atoms with Crippen LogP contribution in [-0.4, -0.2) is 29.5 Å². The van der Waals surface area contributed by atoms with E-state index in [-0.39, 0.29) is 17.6 Å². The van der Waals surface area contributed by atoms with E-state index in [1.165, 1.54) is 0 Å². The number of aromatic nitrogens is 2. The molecule has 0 saturated heterocycles. The van der Waals surface area contributed by atoms with Crippen molar-refractivity contribution in [1.29, 1.82) is 0 Å². The third-order valence-corrected chi connectivity index (χ3v) is 2.62. The fourth-order valence-electron chi connectivity index (χ4n) is 1.58. The summed E-state index contributed by atoms with van der Waals surface area (Å²) in [6.07, 6.45) is 0. The first-order valence-corrected chi connectivity index (χ1v) is 5.52. The Bertz CT molecular complexity index is 360. The lowest BCUT2D eigenvalue weighted by molar-refractivity contribution is -0.119. The largest absolute Gasteiger partial charge is 0.342 e. The van der Waals surface area contributed by atoms with Crippen LogP contribution in [0, 0.1) is 5.92 Å². The van der Waals surface area contributed by atoms with E-state index in [4.69, 9.17) is 4.52 Å². The number of carbonyl (C=O) groups excluding carboxylic acids is 1. The molecule has 0 N–H and O–H groups in total. The Morgan fingerprint density at radius 3 is 2.56 bits per heavy atom. The van der Waals surface area contributed by atoms with Crippen LogP contribution in [0.1, 0.15) is 39.5 Å². The first-order chi connectivity index (χ1) is 7.47. The van der Waals surface area contributed by atoms with Gasteiger partial charge in [0.05, 0.1) is 5.92 Å². The molecule has 16 heavy (non-hydrogen) atoms. The maximum atomic E-state index is 11.5. The highest BCUT2D eigenvalue weighted by atomic mass is 16.5. The average Bonchev–Trinajstić information content (AvgIpc) is 2.64. The van der Waals surface area contributed by atoms with Gasteiger partial charge in [0.1, 0.15) is 5.78 Å². The SMILES string of the molecule is CCN(C)c1noc(C(C(C)=O)C(C)C)n1. The second-order valence-corrected chi connectivity index (χ2v) is 4.28. The molecule has 0 aromatic carbocycles. The predicted molar refractivity (Wildman–Crippen MR) is 61.5 cm³/mol. The van der Waals surface area contributed by atoms with Crippen LogP contribution in [0.5, 0.6) is 0 Å². The monoisotopic (exact) mass is 225 g/mol. The molecular weight excluding hydrogens is 206 g/mol. The summed E-state index contributed by atoms with van der Waals surface area (Å²) in [4.78, 5) is 17.6. The molecule has 0 bridgehead atoms. The second kappa shape index (κ2) is 5.09. The molecule has 0 aliphatic heterocycles. The zero-order valence-electron chi connectivity index (χ0n) is 10.5. The van der Waals surface area contributed by atoms with Crippen LogP contribution >= 0.6 is 0 Å². The summed E-state index contributed by atoms with van der Waals surface area (Å²) in [7, 11) is 1.88. The quantitative estimate of drug-likeness (QED) is 0.765. The number of Topliss-reactive ketones (excluding diaryl/α,β-unsaturated/α-hetero) is 1. The predicted octanol–water partition coefficient (Wildman–Crippen LogP) is 1.85. The van der Waals surface area contributed by atoms with Crippen LogP contribution in [0.15, 0.2) is 4.52 Å². The molecule has 90 valence electrons. The van der Waals surface area contributed by atoms with E-state index in [0.717, 1.165) is 6.54 Å². The summed E-state index contributed by atoms with van der Waals surface area (Å²) in [5.41, 5.74) is 0. The molecular formula is C11H19N3O2. The smallest absolute Gasteiger partial charge is 0.265 e. The lowest BCUT2D eigenvalue weighted by Crippen LogP contribution is -2.18. The second-order valence-electron chi connectivity index (χ2n) is 4.28. The highest BCUT2D eigenvalue weighted by Gasteiger charge is 2.27. The normalized spacial score (nSPS) is 12.9. The zero-order chi connectivity index (χ0) is 12.3. The molecule has 1 unspecified atom stereocenters. The van der Waals surface area contributed by atoms with Crippen molar-refractivity contribution in [2.45, 2.75) is 33.6 Å². The molecule has 1 aromatic heterocycles. The van der Waals surface area contributed by atoms with Gasteiger partial charge in [-0.3, -0.25) is 4.79 Å². The summed E-state index contributed by atoms with van der Waals surface area (Å²) in [6.45, 7) is 8.29. The van der Waals surface area contributed by atoms with Gasteiger partial charge >= 0.3 is 0 Å². The summed E-state index contributed by atoms with van der Waals surface area (Å²) < 4.78 is 5.15. The molecule has 0 fully saturated rings. The number of rotatable bonds is 5. The Morgan fingerprint density at radius 2 is 2.12 bits per heavy atom. The van der Waals surface area contributed by atoms with Crippen molar-refractivity contribution >= 4 is 11.7 Å². The maximum absolute atomic E-state index is 11.5. The van der Waals surface area contributed by atoms with Crippen molar-refractivity contribution in [2.75, 3.05) is 18.5 Å². The van der Waals surface area contributed by atoms with E-state index >= 15 is 0 Å². The summed E-state index contributed by atoms with van der Waals surface area (Å²) >= 11 is 0. The molecule has 1 rings (SSSR count). The van der Waals surface area contributed by atoms with E-state index < -0.39 is 0 Å². The lowest BCUT2D eigenvalue weighted by atomic mass is 9.92. The van der Waals surface area contributed by atoms with Gasteiger partial charge < -0.3 is 9.42 Å². The standard InChI is InChI=1S/C11H19N3O2/c1-6-14(5)11-12-10(16-13-11)9(7(2)3)8(4)15/h7,9H,6H2,1-5H3. The van der Waals surface area contributed by atoms with Crippen molar-refractivity contribution < 1.29 is 9.32 Å². The van der Waals surface area contributed by atoms with Gasteiger partial charge in [-0.1, -0.05) is 13.8 Å². The van der Waals surface area contributed by atoms with Crippen molar-refractivity contribution in [1.82, 2.24) is 10.1 Å². The fourth-order valence-corrected chi connectivity index (χ4v) is 1.58. The van der Waals surface area contributed by atoms with Crippen LogP contribution in [-0.2, 0) is 4.79 Å². The van der Waals surface area contributed by atoms with Gasteiger partial charge in [-0.05, 0) is 24.9 Å². The van der Waals surface area contributed by atoms with Gasteiger partial charge in [0.2, 0.25) is 5.89 Å². The minimum absolute atomic E-state index is 0.0596. The topological polar surface area (TPSA) is 59.2 Å². The van der Waals surface area contributed by atoms with Crippen LogP contribution in [0.4, 0.5) is 5.95 Å². The van der Waals surface area contributed by atoms with E-state index in [9.17, 15) is 4.79 Å². The van der Waals surface area contributed by atoms with Gasteiger partial charge in [-0.25, -0.2) is 0 Å². The summed E-state index contributed by atoms with van der Waals surface area (Å²) in [5, 5.41) is 3.86. The summed E-state index contributed by atoms with van der Waals surface area (Å²) in [6, 6.07) is 0. The first kappa shape index (κ1) is 12.7. The van der Waals surface area contributed by atoms with Gasteiger partial charge in [-0.2, -0.15) is 4.98 Å². The first-order valence-electron chi connectivity index (χ1n) is 5.52. The van der Waals surface area contributed by atoms with Crippen molar-refractivity contribution in [3.8, 4) is 0 Å². The fraction of sp³-hybridized carbons (Fsp3) is 0.727. The Morgan fingerprint density at radius 1 is 1.50 bits per heavy atom. The molecule has 5 nitrogen and oxygen atoms in total. The highest BCUT2D eigenvalue weighted by Crippen LogP contribution is 2.25. The van der Waals surface area contributed by atoms with Crippen LogP contribution < -0.4 is 4.90 Å². The van der Waals surface area contributed by atoms with Crippen LogP contribution in [0.2, 0.25) is 0 Å². The van der Waals surface area contributed by atoms with Gasteiger partial charge in [0.15, 0.2) is 0 Å². The Kier molecular flexibility index (Phi) is 4.04. The third kappa shape index (κ3) is 2.59. The molecule has 0 radical (unpaired) electrons. The number of carbonyl (C=O) groups is 1. The molecule has 0 aliphatic rings. The number of hydrogen-bond acceptors (Lipinski definition) is 5. The van der Waals surface area contributed by atoms with Gasteiger partial charge in [0.25, 0.3) is 5.95 Å². The summed E-state index contributed by atoms with van der Waals surface area (Å²) in [5.74, 6) is 0.871. The Balaban J connectivity index is 2.95. The van der Waals surface area contributed by atoms with Crippen molar-refractivity contribution in [2.24, 2.45) is 5.92 Å². The van der Waals surface area contributed by atoms with E-state index in [0.29, 0.717) is 11.8 Å². The highest BCUT2D eigenvalue weighted by molar-refractivity contribution is 5.82. The average molecular weight is 225 g/mol. The number of hydrogen-bond donors (Lipinski definition) is 0. The Labute approximate surface area is 95.8 Å². The van der Waals surface area contributed by atoms with E-state index in [1.807, 2.05) is 32.7 Å². The van der Waals surface area contributed by atoms with Gasteiger partial charge in [-0.15, -0.1) is 0 Å². The Hall–Kier alpha value is -1.39.